The number of hydrogen-bond donors (Lipinski definition) is 4. The van der Waals surface area contributed by atoms with E-state index >= 15 is 0 Å². The summed E-state index contributed by atoms with van der Waals surface area (Å²) in [5, 5.41) is 21.7. The number of nitrogens with zero attached hydrogens (tertiary/aromatic N) is 4. The topological polar surface area (TPSA) is 125 Å². The van der Waals surface area contributed by atoms with Crippen LogP contribution < -0.4 is 20.7 Å². The van der Waals surface area contributed by atoms with Crippen LogP contribution >= 0.6 is 34.5 Å². The number of rotatable bonds is 11. The first-order chi connectivity index (χ1) is 23.9. The minimum Gasteiger partial charge on any atom is -0.481 e. The third kappa shape index (κ3) is 7.52. The van der Waals surface area contributed by atoms with E-state index in [9.17, 15) is 9.90 Å². The standard InChI is InChI=1S/C36H37Cl2N7O3S/c1-48-36-21(18-39-19-22-9-11-30(47)41-22)8-10-27(43-36)26-6-2-4-24(32(26)37)25-5-3-7-28(33(25)38)42-35-34-29(12-15-40-35)49-31(44-34)20-45-16-13-23(46)14-17-45/h2-8,10,12,15,22-23,39,46H,9,11,13-14,16-20H2,1H3,(H,40,42)(H,41,47). The molecule has 0 bridgehead atoms. The van der Waals surface area contributed by atoms with Crippen LogP contribution in [0.25, 0.3) is 32.6 Å². The van der Waals surface area contributed by atoms with Crippen molar-refractivity contribution in [1.29, 1.82) is 0 Å². The molecular weight excluding hydrogens is 681 g/mol. The molecule has 5 aromatic rings. The van der Waals surface area contributed by atoms with Gasteiger partial charge >= 0.3 is 0 Å². The second-order valence-electron chi connectivity index (χ2n) is 12.4. The van der Waals surface area contributed by atoms with Gasteiger partial charge in [-0.3, -0.25) is 9.69 Å². The molecule has 2 fully saturated rings. The number of pyridine rings is 2. The van der Waals surface area contributed by atoms with Gasteiger partial charge in [0.2, 0.25) is 11.8 Å². The highest BCUT2D eigenvalue weighted by molar-refractivity contribution is 7.18. The van der Waals surface area contributed by atoms with Crippen LogP contribution in [0.1, 0.15) is 36.3 Å². The number of fused-ring (bicyclic) bond motifs is 1. The second-order valence-corrected chi connectivity index (χ2v) is 14.3. The Hall–Kier alpha value is -3.84. The summed E-state index contributed by atoms with van der Waals surface area (Å²) in [4.78, 5) is 28.2. The van der Waals surface area contributed by atoms with Crippen LogP contribution in [0, 0.1) is 0 Å². The number of likely N-dealkylation sites (tertiary alicyclic amines) is 1. The van der Waals surface area contributed by atoms with E-state index in [-0.39, 0.29) is 18.1 Å². The van der Waals surface area contributed by atoms with Crippen molar-refractivity contribution in [3.8, 4) is 28.3 Å². The minimum atomic E-state index is -0.205. The molecule has 3 aromatic heterocycles. The number of carbonyl (C=O) groups is 1. The number of benzene rings is 2. The molecular formula is C36H37Cl2N7O3S. The van der Waals surface area contributed by atoms with E-state index in [2.05, 4.69) is 25.8 Å². The number of halogens is 2. The Morgan fingerprint density at radius 3 is 2.55 bits per heavy atom. The SMILES string of the molecule is COc1nc(-c2cccc(-c3cccc(Nc4nccc5sc(CN6CCC(O)CC6)nc45)c3Cl)c2Cl)ccc1CNCC1CCC(=O)N1. The van der Waals surface area contributed by atoms with E-state index < -0.39 is 0 Å². The van der Waals surface area contributed by atoms with Gasteiger partial charge in [0, 0.05) is 67.1 Å². The summed E-state index contributed by atoms with van der Waals surface area (Å²) in [5.74, 6) is 1.24. The minimum absolute atomic E-state index is 0.102. The normalized spacial score (nSPS) is 17.1. The molecule has 10 nitrogen and oxygen atoms in total. The molecule has 0 spiro atoms. The molecule has 4 N–H and O–H groups in total. The summed E-state index contributed by atoms with van der Waals surface area (Å²) in [7, 11) is 1.60. The number of anilines is 2. The highest BCUT2D eigenvalue weighted by Gasteiger charge is 2.22. The number of aliphatic hydroxyl groups is 1. The van der Waals surface area contributed by atoms with Crippen LogP contribution in [0.4, 0.5) is 11.5 Å². The molecule has 2 aliphatic heterocycles. The molecule has 1 atom stereocenters. The largest absolute Gasteiger partial charge is 0.481 e. The molecule has 254 valence electrons. The third-order valence-electron chi connectivity index (χ3n) is 9.01. The lowest BCUT2D eigenvalue weighted by atomic mass is 10.00. The molecule has 2 aromatic carbocycles. The maximum absolute atomic E-state index is 11.5. The van der Waals surface area contributed by atoms with Crippen LogP contribution in [0.5, 0.6) is 5.88 Å². The Bertz CT molecular complexity index is 1980. The van der Waals surface area contributed by atoms with Gasteiger partial charge in [-0.2, -0.15) is 0 Å². The summed E-state index contributed by atoms with van der Waals surface area (Å²) >= 11 is 15.8. The van der Waals surface area contributed by atoms with Crippen molar-refractivity contribution in [3.63, 3.8) is 0 Å². The Kier molecular flexibility index (Phi) is 10.3. The van der Waals surface area contributed by atoms with Gasteiger partial charge in [0.05, 0.1) is 45.9 Å². The number of aromatic nitrogens is 3. The number of hydrogen-bond acceptors (Lipinski definition) is 10. The van der Waals surface area contributed by atoms with E-state index in [0.717, 1.165) is 76.4 Å². The lowest BCUT2D eigenvalue weighted by Crippen LogP contribution is -2.35. The fourth-order valence-corrected chi connectivity index (χ4v) is 7.98. The number of methoxy groups -OCH3 is 1. The summed E-state index contributed by atoms with van der Waals surface area (Å²) in [5.41, 5.74) is 5.36. The molecule has 0 aliphatic carbocycles. The molecule has 13 heteroatoms. The first kappa shape index (κ1) is 33.6. The number of piperidine rings is 1. The van der Waals surface area contributed by atoms with Gasteiger partial charge in [-0.05, 0) is 37.5 Å². The van der Waals surface area contributed by atoms with Crippen molar-refractivity contribution in [1.82, 2.24) is 30.5 Å². The predicted octanol–water partition coefficient (Wildman–Crippen LogP) is 6.80. The monoisotopic (exact) mass is 717 g/mol. The molecule has 1 amide bonds. The number of nitrogens with one attached hydrogen (secondary N) is 3. The Balaban J connectivity index is 1.10. The van der Waals surface area contributed by atoms with E-state index in [0.29, 0.717) is 52.6 Å². The van der Waals surface area contributed by atoms with E-state index in [4.69, 9.17) is 37.9 Å². The zero-order valence-corrected chi connectivity index (χ0v) is 29.3. The lowest BCUT2D eigenvalue weighted by molar-refractivity contribution is -0.119. The van der Waals surface area contributed by atoms with Crippen LogP contribution in [-0.4, -0.2) is 69.8 Å². The van der Waals surface area contributed by atoms with Gasteiger partial charge in [0.1, 0.15) is 10.5 Å². The van der Waals surface area contributed by atoms with Gasteiger partial charge in [0.15, 0.2) is 5.82 Å². The maximum atomic E-state index is 11.5. The van der Waals surface area contributed by atoms with Crippen LogP contribution in [0.3, 0.4) is 0 Å². The van der Waals surface area contributed by atoms with Crippen LogP contribution in [-0.2, 0) is 17.9 Å². The molecule has 2 aliphatic rings. The first-order valence-corrected chi connectivity index (χ1v) is 18.0. The number of amides is 1. The van der Waals surface area contributed by atoms with Gasteiger partial charge < -0.3 is 25.8 Å². The van der Waals surface area contributed by atoms with Crippen LogP contribution in [0.15, 0.2) is 60.8 Å². The van der Waals surface area contributed by atoms with Gasteiger partial charge in [-0.25, -0.2) is 15.0 Å². The van der Waals surface area contributed by atoms with Crippen molar-refractivity contribution >= 4 is 62.2 Å². The fourth-order valence-electron chi connectivity index (χ4n) is 6.37. The molecule has 5 heterocycles. The maximum Gasteiger partial charge on any atom is 0.220 e. The van der Waals surface area contributed by atoms with E-state index in [1.165, 1.54) is 0 Å². The number of carbonyl (C=O) groups excluding carboxylic acids is 1. The number of thiazole rings is 1. The molecule has 0 saturated carbocycles. The summed E-state index contributed by atoms with van der Waals surface area (Å²) in [6, 6.07) is 17.6. The average molecular weight is 719 g/mol. The highest BCUT2D eigenvalue weighted by Crippen LogP contribution is 2.42. The van der Waals surface area contributed by atoms with Gasteiger partial charge in [0.25, 0.3) is 0 Å². The van der Waals surface area contributed by atoms with Crippen molar-refractivity contribution in [2.45, 2.75) is 50.9 Å². The Labute approximate surface area is 298 Å². The Morgan fingerprint density at radius 1 is 1.00 bits per heavy atom. The zero-order chi connectivity index (χ0) is 33.9. The Morgan fingerprint density at radius 2 is 1.78 bits per heavy atom. The molecule has 2 saturated heterocycles. The summed E-state index contributed by atoms with van der Waals surface area (Å²) in [6.45, 7) is 3.71. The van der Waals surface area contributed by atoms with E-state index in [1.54, 1.807) is 24.6 Å². The predicted molar refractivity (Wildman–Crippen MR) is 196 cm³/mol. The van der Waals surface area contributed by atoms with Crippen molar-refractivity contribution < 1.29 is 14.6 Å². The molecule has 1 unspecified atom stereocenters. The van der Waals surface area contributed by atoms with Crippen LogP contribution in [0.2, 0.25) is 10.0 Å². The quantitative estimate of drug-likeness (QED) is 0.117. The number of aliphatic hydroxyl groups excluding tert-OH is 1. The summed E-state index contributed by atoms with van der Waals surface area (Å²) in [6.07, 6.45) is 4.57. The molecule has 0 radical (unpaired) electrons. The van der Waals surface area contributed by atoms with E-state index in [1.807, 2.05) is 54.6 Å². The smallest absolute Gasteiger partial charge is 0.220 e. The summed E-state index contributed by atoms with van der Waals surface area (Å²) < 4.78 is 6.69. The van der Waals surface area contributed by atoms with Crippen molar-refractivity contribution in [2.24, 2.45) is 0 Å². The van der Waals surface area contributed by atoms with Gasteiger partial charge in [-0.15, -0.1) is 11.3 Å². The average Bonchev–Trinajstić information content (AvgIpc) is 3.73. The van der Waals surface area contributed by atoms with Crippen molar-refractivity contribution in [2.75, 3.05) is 32.1 Å². The fraction of sp³-hybridized carbons (Fsp3) is 0.333. The molecule has 49 heavy (non-hydrogen) atoms. The van der Waals surface area contributed by atoms with Gasteiger partial charge in [-0.1, -0.05) is 59.6 Å². The number of ether oxygens (including phenoxy) is 1. The first-order valence-electron chi connectivity index (χ1n) is 16.4. The third-order valence-corrected chi connectivity index (χ3v) is 10.8. The second kappa shape index (κ2) is 15.0. The lowest BCUT2D eigenvalue weighted by Gasteiger charge is -2.28. The highest BCUT2D eigenvalue weighted by atomic mass is 35.5. The zero-order valence-electron chi connectivity index (χ0n) is 27.0. The van der Waals surface area contributed by atoms with Crippen molar-refractivity contribution in [3.05, 3.63) is 81.4 Å². The molecule has 7 rings (SSSR count).